The summed E-state index contributed by atoms with van der Waals surface area (Å²) in [6.45, 7) is 3.39. The number of sulfonamides is 1. The summed E-state index contributed by atoms with van der Waals surface area (Å²) in [4.78, 5) is 16.4. The van der Waals surface area contributed by atoms with Crippen LogP contribution in [0.1, 0.15) is 35.7 Å². The fourth-order valence-corrected chi connectivity index (χ4v) is 2.85. The summed E-state index contributed by atoms with van der Waals surface area (Å²) < 4.78 is 22.4. The lowest BCUT2D eigenvalue weighted by atomic mass is 10.1. The maximum absolute atomic E-state index is 12.2. The van der Waals surface area contributed by atoms with Gasteiger partial charge in [-0.15, -0.1) is 0 Å². The van der Waals surface area contributed by atoms with Crippen LogP contribution in [-0.4, -0.2) is 32.4 Å². The summed E-state index contributed by atoms with van der Waals surface area (Å²) in [5.74, 6) is -0.196. The number of carbonyl (C=O) groups excluding carboxylic acids is 1. The van der Waals surface area contributed by atoms with Crippen LogP contribution >= 0.6 is 0 Å². The fourth-order valence-electron chi connectivity index (χ4n) is 2.34. The summed E-state index contributed by atoms with van der Waals surface area (Å²) in [5, 5.41) is 11.1. The maximum atomic E-state index is 12.2. The number of benzene rings is 1. The summed E-state index contributed by atoms with van der Waals surface area (Å²) >= 11 is 0. The predicted molar refractivity (Wildman–Crippen MR) is 101 cm³/mol. The summed E-state index contributed by atoms with van der Waals surface area (Å²) in [7, 11) is -3.68. The second-order valence-corrected chi connectivity index (χ2v) is 7.50. The Morgan fingerprint density at radius 2 is 1.88 bits per heavy atom. The molecule has 0 spiro atoms. The van der Waals surface area contributed by atoms with E-state index in [-0.39, 0.29) is 10.8 Å². The van der Waals surface area contributed by atoms with E-state index in [1.165, 1.54) is 18.3 Å². The van der Waals surface area contributed by atoms with Crippen molar-refractivity contribution in [1.29, 1.82) is 0 Å². The molecule has 1 amide bonds. The molecule has 0 aliphatic rings. The summed E-state index contributed by atoms with van der Waals surface area (Å²) in [6.07, 6.45) is 5.96. The van der Waals surface area contributed by atoms with Crippen LogP contribution in [0.15, 0.2) is 47.6 Å². The van der Waals surface area contributed by atoms with Crippen LogP contribution in [0.3, 0.4) is 0 Å². The van der Waals surface area contributed by atoms with Crippen molar-refractivity contribution in [3.8, 4) is 0 Å². The molecular weight excluding hydrogens is 352 g/mol. The van der Waals surface area contributed by atoms with Crippen LogP contribution in [-0.2, 0) is 16.4 Å². The third-order valence-corrected chi connectivity index (χ3v) is 4.74. The zero-order valence-electron chi connectivity index (χ0n) is 14.7. The Labute approximate surface area is 154 Å². The zero-order chi connectivity index (χ0) is 19.0. The second-order valence-electron chi connectivity index (χ2n) is 5.94. The van der Waals surface area contributed by atoms with Gasteiger partial charge in [-0.05, 0) is 36.6 Å². The first kappa shape index (κ1) is 19.9. The molecule has 140 valence electrons. The van der Waals surface area contributed by atoms with E-state index in [1.807, 2.05) is 0 Å². The van der Waals surface area contributed by atoms with Gasteiger partial charge in [0, 0.05) is 25.5 Å². The van der Waals surface area contributed by atoms with E-state index in [0.717, 1.165) is 30.6 Å². The molecule has 2 rings (SSSR count). The highest BCUT2D eigenvalue weighted by Crippen LogP contribution is 2.10. The standard InChI is InChI=1S/C18H24N4O3S/c1-2-3-9-21-16-11-15(12-20-13-16)18(23)22-10-8-14-4-6-17(7-5-14)26(19,24)25/h4-7,11-13,21H,2-3,8-10H2,1H3,(H,22,23)(H2,19,24,25). The number of nitrogens with zero attached hydrogens (tertiary/aromatic N) is 1. The highest BCUT2D eigenvalue weighted by Gasteiger charge is 2.08. The van der Waals surface area contributed by atoms with E-state index in [2.05, 4.69) is 22.5 Å². The van der Waals surface area contributed by atoms with Gasteiger partial charge in [-0.1, -0.05) is 25.5 Å². The van der Waals surface area contributed by atoms with E-state index in [1.54, 1.807) is 24.4 Å². The highest BCUT2D eigenvalue weighted by molar-refractivity contribution is 7.89. The van der Waals surface area contributed by atoms with Crippen LogP contribution in [0.2, 0.25) is 0 Å². The van der Waals surface area contributed by atoms with Crippen molar-refractivity contribution in [2.75, 3.05) is 18.4 Å². The molecule has 0 aliphatic heterocycles. The molecule has 1 aromatic carbocycles. The van der Waals surface area contributed by atoms with Gasteiger partial charge < -0.3 is 10.6 Å². The SMILES string of the molecule is CCCCNc1cncc(C(=O)NCCc2ccc(S(N)(=O)=O)cc2)c1. The van der Waals surface area contributed by atoms with Crippen molar-refractivity contribution >= 4 is 21.6 Å². The van der Waals surface area contributed by atoms with Crippen LogP contribution in [0.4, 0.5) is 5.69 Å². The Hall–Kier alpha value is -2.45. The molecule has 0 saturated carbocycles. The average molecular weight is 376 g/mol. The molecule has 7 nitrogen and oxygen atoms in total. The third kappa shape index (κ3) is 6.12. The lowest BCUT2D eigenvalue weighted by Gasteiger charge is -2.08. The van der Waals surface area contributed by atoms with Gasteiger partial charge in [0.05, 0.1) is 16.1 Å². The molecule has 2 aromatic rings. The van der Waals surface area contributed by atoms with Gasteiger partial charge in [-0.25, -0.2) is 13.6 Å². The number of rotatable bonds is 9. The Morgan fingerprint density at radius 3 is 2.54 bits per heavy atom. The number of pyridine rings is 1. The maximum Gasteiger partial charge on any atom is 0.252 e. The minimum absolute atomic E-state index is 0.0729. The minimum Gasteiger partial charge on any atom is -0.384 e. The normalized spacial score (nSPS) is 11.2. The summed E-state index contributed by atoms with van der Waals surface area (Å²) in [5.41, 5.74) is 2.23. The lowest BCUT2D eigenvalue weighted by molar-refractivity contribution is 0.0954. The number of nitrogens with one attached hydrogen (secondary N) is 2. The number of amides is 1. The molecule has 0 fully saturated rings. The smallest absolute Gasteiger partial charge is 0.252 e. The second kappa shape index (κ2) is 9.30. The van der Waals surface area contributed by atoms with Crippen molar-refractivity contribution in [3.63, 3.8) is 0 Å². The number of hydrogen-bond donors (Lipinski definition) is 3. The summed E-state index contributed by atoms with van der Waals surface area (Å²) in [6, 6.07) is 8.07. The van der Waals surface area contributed by atoms with Crippen LogP contribution < -0.4 is 15.8 Å². The molecule has 0 atom stereocenters. The van der Waals surface area contributed by atoms with E-state index in [9.17, 15) is 13.2 Å². The number of nitrogens with two attached hydrogens (primary N) is 1. The molecule has 0 aliphatic carbocycles. The van der Waals surface area contributed by atoms with Crippen LogP contribution in [0.25, 0.3) is 0 Å². The van der Waals surface area contributed by atoms with Gasteiger partial charge in [-0.3, -0.25) is 9.78 Å². The monoisotopic (exact) mass is 376 g/mol. The molecule has 26 heavy (non-hydrogen) atoms. The van der Waals surface area contributed by atoms with Crippen LogP contribution in [0, 0.1) is 0 Å². The van der Waals surface area contributed by atoms with Gasteiger partial charge in [0.25, 0.3) is 5.91 Å². The van der Waals surface area contributed by atoms with Gasteiger partial charge in [0.15, 0.2) is 0 Å². The van der Waals surface area contributed by atoms with Crippen LogP contribution in [0.5, 0.6) is 0 Å². The largest absolute Gasteiger partial charge is 0.384 e. The molecule has 4 N–H and O–H groups in total. The van der Waals surface area contributed by atoms with Crippen molar-refractivity contribution in [2.45, 2.75) is 31.1 Å². The molecule has 0 unspecified atom stereocenters. The number of aromatic nitrogens is 1. The zero-order valence-corrected chi connectivity index (χ0v) is 15.6. The quantitative estimate of drug-likeness (QED) is 0.579. The Balaban J connectivity index is 1.86. The molecule has 0 bridgehead atoms. The first-order chi connectivity index (χ1) is 12.4. The van der Waals surface area contributed by atoms with E-state index < -0.39 is 10.0 Å². The molecule has 1 aromatic heterocycles. The third-order valence-electron chi connectivity index (χ3n) is 3.81. The molecular formula is C18H24N4O3S. The highest BCUT2D eigenvalue weighted by atomic mass is 32.2. The number of anilines is 1. The first-order valence-corrected chi connectivity index (χ1v) is 10.0. The van der Waals surface area contributed by atoms with E-state index in [0.29, 0.717) is 18.5 Å². The molecule has 0 radical (unpaired) electrons. The number of primary sulfonamides is 1. The Kier molecular flexibility index (Phi) is 7.11. The van der Waals surface area contributed by atoms with Gasteiger partial charge >= 0.3 is 0 Å². The van der Waals surface area contributed by atoms with E-state index >= 15 is 0 Å². The molecule has 1 heterocycles. The predicted octanol–water partition coefficient (Wildman–Crippen LogP) is 1.91. The van der Waals surface area contributed by atoms with Crippen molar-refractivity contribution < 1.29 is 13.2 Å². The van der Waals surface area contributed by atoms with Gasteiger partial charge in [0.2, 0.25) is 10.0 Å². The topological polar surface area (TPSA) is 114 Å². The van der Waals surface area contributed by atoms with Crippen molar-refractivity contribution in [2.24, 2.45) is 5.14 Å². The number of hydrogen-bond acceptors (Lipinski definition) is 5. The molecule has 8 heteroatoms. The average Bonchev–Trinajstić information content (AvgIpc) is 2.62. The lowest BCUT2D eigenvalue weighted by Crippen LogP contribution is -2.26. The Morgan fingerprint density at radius 1 is 1.15 bits per heavy atom. The van der Waals surface area contributed by atoms with E-state index in [4.69, 9.17) is 5.14 Å². The fraction of sp³-hybridized carbons (Fsp3) is 0.333. The van der Waals surface area contributed by atoms with Crippen molar-refractivity contribution in [3.05, 3.63) is 53.9 Å². The molecule has 0 saturated heterocycles. The van der Waals surface area contributed by atoms with Crippen molar-refractivity contribution in [1.82, 2.24) is 10.3 Å². The van der Waals surface area contributed by atoms with Gasteiger partial charge in [0.1, 0.15) is 0 Å². The first-order valence-electron chi connectivity index (χ1n) is 8.49. The minimum atomic E-state index is -3.68. The Bertz CT molecular complexity index is 836. The number of unbranched alkanes of at least 4 members (excludes halogenated alkanes) is 1. The van der Waals surface area contributed by atoms with Gasteiger partial charge in [-0.2, -0.15) is 0 Å². The number of carbonyl (C=O) groups is 1.